The Hall–Kier alpha value is -2.70. The fourth-order valence-corrected chi connectivity index (χ4v) is 2.77. The van der Waals surface area contributed by atoms with Crippen LogP contribution >= 0.6 is 0 Å². The van der Waals surface area contributed by atoms with Crippen LogP contribution in [0.1, 0.15) is 17.8 Å². The molecule has 2 aromatic heterocycles. The van der Waals surface area contributed by atoms with Gasteiger partial charge in [-0.25, -0.2) is 0 Å². The standard InChI is InChI=1S/C14H14N6O/c21-14(8-2-4-11-13(5-8)19-20-18-11)16-10-3-1-9-7-15-17-12(9)6-10/h1,3,6-8H,2,4-5H2,(H,15,17)(H,16,21)(H,18,19,20). The molecule has 0 fully saturated rings. The molecule has 1 atom stereocenters. The first kappa shape index (κ1) is 12.1. The number of H-pyrrole nitrogens is 2. The van der Waals surface area contributed by atoms with E-state index in [1.807, 2.05) is 18.2 Å². The molecule has 7 heteroatoms. The zero-order valence-electron chi connectivity index (χ0n) is 11.3. The molecule has 106 valence electrons. The van der Waals surface area contributed by atoms with Crippen molar-refractivity contribution in [3.63, 3.8) is 0 Å². The summed E-state index contributed by atoms with van der Waals surface area (Å²) in [7, 11) is 0. The highest BCUT2D eigenvalue weighted by atomic mass is 16.1. The predicted molar refractivity (Wildman–Crippen MR) is 76.6 cm³/mol. The quantitative estimate of drug-likeness (QED) is 0.662. The minimum atomic E-state index is -0.0555. The second-order valence-corrected chi connectivity index (χ2v) is 5.32. The van der Waals surface area contributed by atoms with Gasteiger partial charge in [0.2, 0.25) is 5.91 Å². The smallest absolute Gasteiger partial charge is 0.227 e. The molecule has 1 unspecified atom stereocenters. The minimum absolute atomic E-state index is 0.0301. The third kappa shape index (κ3) is 2.16. The van der Waals surface area contributed by atoms with Gasteiger partial charge in [0.15, 0.2) is 0 Å². The van der Waals surface area contributed by atoms with Gasteiger partial charge in [0.1, 0.15) is 0 Å². The lowest BCUT2D eigenvalue weighted by molar-refractivity contribution is -0.120. The molecule has 0 saturated heterocycles. The molecule has 3 aromatic rings. The molecule has 7 nitrogen and oxygen atoms in total. The number of nitrogens with one attached hydrogen (secondary N) is 3. The Morgan fingerprint density at radius 3 is 3.14 bits per heavy atom. The van der Waals surface area contributed by atoms with Crippen LogP contribution < -0.4 is 5.32 Å². The van der Waals surface area contributed by atoms with Crippen molar-refractivity contribution in [3.8, 4) is 0 Å². The lowest BCUT2D eigenvalue weighted by Crippen LogP contribution is -2.28. The van der Waals surface area contributed by atoms with Crippen molar-refractivity contribution in [2.24, 2.45) is 5.92 Å². The molecule has 0 spiro atoms. The predicted octanol–water partition coefficient (Wildman–Crippen LogP) is 1.42. The second kappa shape index (κ2) is 4.69. The van der Waals surface area contributed by atoms with Crippen LogP contribution in [0.5, 0.6) is 0 Å². The first-order valence-corrected chi connectivity index (χ1v) is 6.92. The lowest BCUT2D eigenvalue weighted by atomic mass is 9.89. The lowest BCUT2D eigenvalue weighted by Gasteiger charge is -2.19. The number of carbonyl (C=O) groups is 1. The molecular formula is C14H14N6O. The molecule has 1 amide bonds. The van der Waals surface area contributed by atoms with Crippen LogP contribution in [-0.4, -0.2) is 31.5 Å². The number of anilines is 1. The van der Waals surface area contributed by atoms with Gasteiger partial charge < -0.3 is 5.32 Å². The largest absolute Gasteiger partial charge is 0.326 e. The maximum absolute atomic E-state index is 12.4. The van der Waals surface area contributed by atoms with Crippen molar-refractivity contribution in [1.29, 1.82) is 0 Å². The third-order valence-corrected chi connectivity index (χ3v) is 3.95. The van der Waals surface area contributed by atoms with Crippen molar-refractivity contribution in [2.45, 2.75) is 19.3 Å². The molecule has 1 aliphatic carbocycles. The summed E-state index contributed by atoms with van der Waals surface area (Å²) < 4.78 is 0. The molecular weight excluding hydrogens is 268 g/mol. The van der Waals surface area contributed by atoms with Gasteiger partial charge in [-0.15, -0.1) is 0 Å². The first-order chi connectivity index (χ1) is 10.3. The molecule has 0 radical (unpaired) electrons. The maximum atomic E-state index is 12.4. The van der Waals surface area contributed by atoms with Gasteiger partial charge in [-0.05, 0) is 31.0 Å². The van der Waals surface area contributed by atoms with Crippen LogP contribution in [0, 0.1) is 5.92 Å². The molecule has 21 heavy (non-hydrogen) atoms. The Balaban J connectivity index is 1.50. The van der Waals surface area contributed by atoms with E-state index in [2.05, 4.69) is 30.9 Å². The van der Waals surface area contributed by atoms with Gasteiger partial charge in [0, 0.05) is 23.4 Å². The SMILES string of the molecule is O=C(Nc1ccc2cn[nH]c2c1)C1CCc2n[nH]nc2C1. The van der Waals surface area contributed by atoms with E-state index in [1.165, 1.54) is 0 Å². The average molecular weight is 282 g/mol. The van der Waals surface area contributed by atoms with Gasteiger partial charge in [0.05, 0.1) is 23.1 Å². The Labute approximate surface area is 120 Å². The van der Waals surface area contributed by atoms with E-state index in [0.717, 1.165) is 40.8 Å². The Morgan fingerprint density at radius 2 is 2.19 bits per heavy atom. The van der Waals surface area contributed by atoms with Crippen molar-refractivity contribution < 1.29 is 4.79 Å². The molecule has 0 bridgehead atoms. The fraction of sp³-hybridized carbons (Fsp3) is 0.286. The van der Waals surface area contributed by atoms with Crippen LogP contribution in [0.15, 0.2) is 24.4 Å². The van der Waals surface area contributed by atoms with Crippen molar-refractivity contribution in [1.82, 2.24) is 25.6 Å². The van der Waals surface area contributed by atoms with Crippen molar-refractivity contribution in [3.05, 3.63) is 35.8 Å². The summed E-state index contributed by atoms with van der Waals surface area (Å²) in [5.74, 6) is -0.0254. The van der Waals surface area contributed by atoms with Gasteiger partial charge in [-0.2, -0.15) is 20.5 Å². The van der Waals surface area contributed by atoms with Crippen LogP contribution in [0.4, 0.5) is 5.69 Å². The van der Waals surface area contributed by atoms with Crippen LogP contribution in [0.2, 0.25) is 0 Å². The minimum Gasteiger partial charge on any atom is -0.326 e. The Bertz CT molecular complexity index is 805. The number of benzene rings is 1. The molecule has 0 aliphatic heterocycles. The Morgan fingerprint density at radius 1 is 1.29 bits per heavy atom. The van der Waals surface area contributed by atoms with Crippen molar-refractivity contribution >= 4 is 22.5 Å². The molecule has 1 aromatic carbocycles. The number of rotatable bonds is 2. The van der Waals surface area contributed by atoms with Crippen LogP contribution in [0.25, 0.3) is 10.9 Å². The maximum Gasteiger partial charge on any atom is 0.227 e. The summed E-state index contributed by atoms with van der Waals surface area (Å²) in [6.45, 7) is 0. The molecule has 4 rings (SSSR count). The third-order valence-electron chi connectivity index (χ3n) is 3.95. The Kier molecular flexibility index (Phi) is 2.70. The van der Waals surface area contributed by atoms with E-state index in [9.17, 15) is 4.79 Å². The van der Waals surface area contributed by atoms with E-state index >= 15 is 0 Å². The van der Waals surface area contributed by atoms with E-state index in [1.54, 1.807) is 6.20 Å². The molecule has 3 N–H and O–H groups in total. The highest BCUT2D eigenvalue weighted by Gasteiger charge is 2.27. The summed E-state index contributed by atoms with van der Waals surface area (Å²) in [5.41, 5.74) is 3.58. The number of fused-ring (bicyclic) bond motifs is 2. The normalized spacial score (nSPS) is 17.6. The van der Waals surface area contributed by atoms with Crippen LogP contribution in [0.3, 0.4) is 0 Å². The van der Waals surface area contributed by atoms with Gasteiger partial charge in [-0.3, -0.25) is 9.89 Å². The number of aryl methyl sites for hydroxylation is 1. The summed E-state index contributed by atoms with van der Waals surface area (Å²) in [5, 5.41) is 21.7. The summed E-state index contributed by atoms with van der Waals surface area (Å²) in [4.78, 5) is 12.4. The van der Waals surface area contributed by atoms with Crippen LogP contribution in [-0.2, 0) is 17.6 Å². The number of hydrogen-bond donors (Lipinski definition) is 3. The van der Waals surface area contributed by atoms with Crippen molar-refractivity contribution in [2.75, 3.05) is 5.32 Å². The number of aromatic amines is 2. The van der Waals surface area contributed by atoms with E-state index in [4.69, 9.17) is 0 Å². The number of amides is 1. The zero-order valence-corrected chi connectivity index (χ0v) is 11.3. The number of carbonyl (C=O) groups excluding carboxylic acids is 1. The number of nitrogens with zero attached hydrogens (tertiary/aromatic N) is 3. The zero-order chi connectivity index (χ0) is 14.2. The van der Waals surface area contributed by atoms with Gasteiger partial charge >= 0.3 is 0 Å². The van der Waals surface area contributed by atoms with E-state index in [-0.39, 0.29) is 11.8 Å². The van der Waals surface area contributed by atoms with E-state index in [0.29, 0.717) is 6.42 Å². The van der Waals surface area contributed by atoms with Gasteiger partial charge in [-0.1, -0.05) is 0 Å². The monoisotopic (exact) mass is 282 g/mol. The summed E-state index contributed by atoms with van der Waals surface area (Å²) >= 11 is 0. The highest BCUT2D eigenvalue weighted by molar-refractivity contribution is 5.95. The number of hydrogen-bond acceptors (Lipinski definition) is 4. The first-order valence-electron chi connectivity index (χ1n) is 6.92. The molecule has 2 heterocycles. The fourth-order valence-electron chi connectivity index (χ4n) is 2.77. The summed E-state index contributed by atoms with van der Waals surface area (Å²) in [6.07, 6.45) is 4.00. The molecule has 1 aliphatic rings. The van der Waals surface area contributed by atoms with Gasteiger partial charge in [0.25, 0.3) is 0 Å². The highest BCUT2D eigenvalue weighted by Crippen LogP contribution is 2.24. The topological polar surface area (TPSA) is 99.4 Å². The number of aromatic nitrogens is 5. The van der Waals surface area contributed by atoms with E-state index < -0.39 is 0 Å². The second-order valence-electron chi connectivity index (χ2n) is 5.32. The average Bonchev–Trinajstić information content (AvgIpc) is 3.14. The molecule has 0 saturated carbocycles. The summed E-state index contributed by atoms with van der Waals surface area (Å²) in [6, 6.07) is 5.72.